The van der Waals surface area contributed by atoms with Gasteiger partial charge in [0, 0.05) is 29.8 Å². The van der Waals surface area contributed by atoms with Gasteiger partial charge in [-0.2, -0.15) is 4.98 Å². The lowest BCUT2D eigenvalue weighted by molar-refractivity contribution is 0.0941. The van der Waals surface area contributed by atoms with Crippen molar-refractivity contribution in [2.75, 3.05) is 0 Å². The molecule has 3 rings (SSSR count). The minimum Gasteiger partial charge on any atom is -0.340 e. The maximum atomic E-state index is 12.5. The van der Waals surface area contributed by atoms with Crippen molar-refractivity contribution in [3.05, 3.63) is 80.8 Å². The second-order valence-corrected chi connectivity index (χ2v) is 5.51. The summed E-state index contributed by atoms with van der Waals surface area (Å²) in [6, 6.07) is 9.03. The topological polar surface area (TPSA) is 101 Å². The van der Waals surface area contributed by atoms with E-state index in [4.69, 9.17) is 16.1 Å². The molecule has 1 amide bonds. The van der Waals surface area contributed by atoms with Gasteiger partial charge in [0.05, 0.1) is 0 Å². The average molecular weight is 345 g/mol. The number of H-pyrrole nitrogens is 1. The van der Waals surface area contributed by atoms with Gasteiger partial charge >= 0.3 is 0 Å². The van der Waals surface area contributed by atoms with Crippen LogP contribution in [0.1, 0.15) is 33.7 Å². The van der Waals surface area contributed by atoms with Crippen LogP contribution in [0.25, 0.3) is 0 Å². The number of aryl methyl sites for hydroxylation is 1. The van der Waals surface area contributed by atoms with E-state index in [1.165, 1.54) is 18.3 Å². The van der Waals surface area contributed by atoms with Crippen LogP contribution in [0, 0.1) is 6.92 Å². The molecule has 1 aromatic carbocycles. The third kappa shape index (κ3) is 3.52. The Morgan fingerprint density at radius 2 is 2.04 bits per heavy atom. The van der Waals surface area contributed by atoms with Crippen molar-refractivity contribution in [2.24, 2.45) is 0 Å². The number of nitrogens with one attached hydrogen (secondary N) is 2. The summed E-state index contributed by atoms with van der Waals surface area (Å²) in [7, 11) is 0. The highest BCUT2D eigenvalue weighted by molar-refractivity contribution is 6.30. The Morgan fingerprint density at radius 3 is 2.67 bits per heavy atom. The molecule has 0 aliphatic carbocycles. The minimum absolute atomic E-state index is 0.234. The number of aromatic amines is 1. The van der Waals surface area contributed by atoms with E-state index >= 15 is 0 Å². The largest absolute Gasteiger partial charge is 0.340 e. The smallest absolute Gasteiger partial charge is 0.252 e. The molecule has 0 aliphatic rings. The fourth-order valence-corrected chi connectivity index (χ4v) is 2.31. The standard InChI is InChI=1S/C16H13ClN4O3/c1-9-19-15(21-24-9)14(10-2-4-12(17)5-3-10)20-16(23)11-6-7-18-13(22)8-11/h2-8,14H,1H3,(H,18,22)(H,20,23)/t14-/m1/s1. The van der Waals surface area contributed by atoms with E-state index in [-0.39, 0.29) is 11.1 Å². The highest BCUT2D eigenvalue weighted by Gasteiger charge is 2.22. The Kier molecular flexibility index (Phi) is 4.43. The van der Waals surface area contributed by atoms with Crippen LogP contribution in [0.3, 0.4) is 0 Å². The summed E-state index contributed by atoms with van der Waals surface area (Å²) in [5, 5.41) is 7.26. The van der Waals surface area contributed by atoms with Gasteiger partial charge in [0.1, 0.15) is 6.04 Å². The number of benzene rings is 1. The molecule has 7 nitrogen and oxygen atoms in total. The molecule has 24 heavy (non-hydrogen) atoms. The van der Waals surface area contributed by atoms with Crippen LogP contribution in [-0.4, -0.2) is 21.0 Å². The summed E-state index contributed by atoms with van der Waals surface area (Å²) in [4.78, 5) is 30.5. The highest BCUT2D eigenvalue weighted by Crippen LogP contribution is 2.22. The van der Waals surface area contributed by atoms with Crippen LogP contribution < -0.4 is 10.9 Å². The van der Waals surface area contributed by atoms with Gasteiger partial charge in [-0.3, -0.25) is 9.59 Å². The number of hydrogen-bond acceptors (Lipinski definition) is 5. The zero-order chi connectivity index (χ0) is 17.1. The molecule has 3 aromatic rings. The van der Waals surface area contributed by atoms with Gasteiger partial charge < -0.3 is 14.8 Å². The number of halogens is 1. The van der Waals surface area contributed by atoms with Crippen molar-refractivity contribution in [1.82, 2.24) is 20.4 Å². The second kappa shape index (κ2) is 6.67. The molecule has 122 valence electrons. The van der Waals surface area contributed by atoms with Gasteiger partial charge in [0.15, 0.2) is 5.82 Å². The Hall–Kier alpha value is -2.93. The second-order valence-electron chi connectivity index (χ2n) is 5.07. The summed E-state index contributed by atoms with van der Waals surface area (Å²) in [6.07, 6.45) is 1.41. The number of amides is 1. The number of rotatable bonds is 4. The zero-order valence-electron chi connectivity index (χ0n) is 12.6. The van der Waals surface area contributed by atoms with E-state index in [1.807, 2.05) is 0 Å². The third-order valence-corrected chi connectivity index (χ3v) is 3.57. The van der Waals surface area contributed by atoms with Gasteiger partial charge in [-0.05, 0) is 23.8 Å². The van der Waals surface area contributed by atoms with Crippen molar-refractivity contribution in [1.29, 1.82) is 0 Å². The number of pyridine rings is 1. The van der Waals surface area contributed by atoms with Crippen molar-refractivity contribution in [3.63, 3.8) is 0 Å². The van der Waals surface area contributed by atoms with E-state index < -0.39 is 11.9 Å². The maximum Gasteiger partial charge on any atom is 0.252 e. The van der Waals surface area contributed by atoms with Gasteiger partial charge in [-0.15, -0.1) is 0 Å². The fraction of sp³-hybridized carbons (Fsp3) is 0.125. The maximum absolute atomic E-state index is 12.5. The van der Waals surface area contributed by atoms with Crippen LogP contribution in [0.15, 0.2) is 51.9 Å². The van der Waals surface area contributed by atoms with Crippen LogP contribution in [0.5, 0.6) is 0 Å². The Balaban J connectivity index is 1.94. The van der Waals surface area contributed by atoms with Gasteiger partial charge in [0.25, 0.3) is 5.91 Å². The quantitative estimate of drug-likeness (QED) is 0.755. The molecular formula is C16H13ClN4O3. The molecule has 0 aliphatic heterocycles. The molecule has 0 saturated heterocycles. The normalized spacial score (nSPS) is 11.9. The van der Waals surface area contributed by atoms with Gasteiger partial charge in [0.2, 0.25) is 11.4 Å². The Morgan fingerprint density at radius 1 is 1.29 bits per heavy atom. The lowest BCUT2D eigenvalue weighted by Crippen LogP contribution is -2.30. The summed E-state index contributed by atoms with van der Waals surface area (Å²) in [5.41, 5.74) is 0.609. The first-order valence-electron chi connectivity index (χ1n) is 7.08. The number of hydrogen-bond donors (Lipinski definition) is 2. The fourth-order valence-electron chi connectivity index (χ4n) is 2.18. The van der Waals surface area contributed by atoms with E-state index in [0.29, 0.717) is 16.7 Å². The summed E-state index contributed by atoms with van der Waals surface area (Å²) in [5.74, 6) is 0.269. The predicted molar refractivity (Wildman–Crippen MR) is 86.9 cm³/mol. The Labute approximate surface area is 141 Å². The van der Waals surface area contributed by atoms with Crippen molar-refractivity contribution >= 4 is 17.5 Å². The number of carbonyl (C=O) groups is 1. The molecule has 8 heteroatoms. The molecule has 2 heterocycles. The first-order valence-corrected chi connectivity index (χ1v) is 7.46. The van der Waals surface area contributed by atoms with Crippen LogP contribution in [0.2, 0.25) is 5.02 Å². The van der Waals surface area contributed by atoms with Crippen LogP contribution in [0.4, 0.5) is 0 Å². The lowest BCUT2D eigenvalue weighted by Gasteiger charge is -2.16. The molecule has 1 atom stereocenters. The molecule has 2 N–H and O–H groups in total. The number of nitrogens with zero attached hydrogens (tertiary/aromatic N) is 2. The average Bonchev–Trinajstić information content (AvgIpc) is 2.99. The van der Waals surface area contributed by atoms with Gasteiger partial charge in [-0.1, -0.05) is 28.9 Å². The SMILES string of the molecule is Cc1nc([C@H](NC(=O)c2cc[nH]c(=O)c2)c2ccc(Cl)cc2)no1. The molecule has 0 unspecified atom stereocenters. The van der Waals surface area contributed by atoms with E-state index in [9.17, 15) is 9.59 Å². The van der Waals surface area contributed by atoms with Gasteiger partial charge in [-0.25, -0.2) is 0 Å². The van der Waals surface area contributed by atoms with E-state index in [2.05, 4.69) is 20.4 Å². The summed E-state index contributed by atoms with van der Waals surface area (Å²) < 4.78 is 5.00. The molecule has 2 aromatic heterocycles. The first-order chi connectivity index (χ1) is 11.5. The predicted octanol–water partition coefficient (Wildman–Crippen LogP) is 2.24. The molecule has 0 radical (unpaired) electrons. The van der Waals surface area contributed by atoms with Crippen LogP contribution in [-0.2, 0) is 0 Å². The van der Waals surface area contributed by atoms with E-state index in [0.717, 1.165) is 5.56 Å². The minimum atomic E-state index is -0.633. The van der Waals surface area contributed by atoms with Crippen molar-refractivity contribution in [3.8, 4) is 0 Å². The monoisotopic (exact) mass is 344 g/mol. The third-order valence-electron chi connectivity index (χ3n) is 3.32. The molecule has 0 saturated carbocycles. The molecule has 0 bridgehead atoms. The van der Waals surface area contributed by atoms with Crippen molar-refractivity contribution < 1.29 is 9.32 Å². The molecule has 0 fully saturated rings. The number of carbonyl (C=O) groups excluding carboxylic acids is 1. The van der Waals surface area contributed by atoms with Crippen molar-refractivity contribution in [2.45, 2.75) is 13.0 Å². The zero-order valence-corrected chi connectivity index (χ0v) is 13.4. The first kappa shape index (κ1) is 15.9. The highest BCUT2D eigenvalue weighted by atomic mass is 35.5. The van der Waals surface area contributed by atoms with Crippen LogP contribution >= 0.6 is 11.6 Å². The summed E-state index contributed by atoms with van der Waals surface area (Å²) in [6.45, 7) is 1.66. The van der Waals surface area contributed by atoms with E-state index in [1.54, 1.807) is 31.2 Å². The lowest BCUT2D eigenvalue weighted by atomic mass is 10.1. The summed E-state index contributed by atoms with van der Waals surface area (Å²) >= 11 is 5.91. The Bertz CT molecular complexity index is 917. The molecule has 0 spiro atoms. The number of aromatic nitrogens is 3. The molecular weight excluding hydrogens is 332 g/mol.